The second-order valence-corrected chi connectivity index (χ2v) is 0. The second kappa shape index (κ2) is 1510. The van der Waals surface area contributed by atoms with Crippen molar-refractivity contribution in [2.24, 2.45) is 0 Å². The largest absolute Gasteiger partial charge is 2.00 e. The first-order valence-electron chi connectivity index (χ1n) is 0.500. The molecule has 0 aliphatic carbocycles. The van der Waals surface area contributed by atoms with Crippen molar-refractivity contribution in [2.75, 3.05) is 0 Å². The van der Waals surface area contributed by atoms with Gasteiger partial charge in [0.15, 0.2) is 0 Å². The van der Waals surface area contributed by atoms with E-state index in [0.717, 1.165) is 0 Å². The van der Waals surface area contributed by atoms with Crippen molar-refractivity contribution in [3.8, 4) is 0 Å². The third-order valence-electron chi connectivity index (χ3n) is 0. The quantitative estimate of drug-likeness (QED) is 0.471. The van der Waals surface area contributed by atoms with Gasteiger partial charge in [-0.2, -0.15) is 0 Å². The Hall–Kier alpha value is 0.166. The van der Waals surface area contributed by atoms with Gasteiger partial charge in [-0.1, -0.05) is 0 Å². The standard InChI is InChI=1S/C2H4.Co.2H3N/c1-2;;;/h1-2H2;;2*1H3/q;+2;;. The van der Waals surface area contributed by atoms with Gasteiger partial charge in [-0.15, -0.1) is 13.2 Å². The fourth-order valence-corrected chi connectivity index (χ4v) is 0. The Bertz CT molecular complexity index is 7.61. The number of rotatable bonds is 0. The summed E-state index contributed by atoms with van der Waals surface area (Å²) in [6.07, 6.45) is 0. The normalized spacial score (nSPS) is 0.800. The molecule has 0 aliphatic heterocycles. The average molecular weight is 121 g/mol. The maximum Gasteiger partial charge on any atom is 2.00 e. The van der Waals surface area contributed by atoms with Crippen LogP contribution in [0.1, 0.15) is 0 Å². The van der Waals surface area contributed by atoms with Crippen molar-refractivity contribution >= 4 is 0 Å². The van der Waals surface area contributed by atoms with Gasteiger partial charge in [0.1, 0.15) is 0 Å². The third-order valence-corrected chi connectivity index (χ3v) is 0. The Balaban J connectivity index is -0.00000000167. The van der Waals surface area contributed by atoms with E-state index in [-0.39, 0.29) is 29.1 Å². The molecule has 0 saturated carbocycles. The van der Waals surface area contributed by atoms with E-state index in [0.29, 0.717) is 0 Å². The predicted molar refractivity (Wildman–Crippen MR) is 21.3 cm³/mol. The van der Waals surface area contributed by atoms with Crippen molar-refractivity contribution in [1.82, 2.24) is 12.3 Å². The second-order valence-electron chi connectivity index (χ2n) is 0. The van der Waals surface area contributed by atoms with Crippen molar-refractivity contribution in [3.63, 3.8) is 0 Å². The number of hydrogen-bond acceptors (Lipinski definition) is 2. The van der Waals surface area contributed by atoms with Crippen molar-refractivity contribution in [1.29, 1.82) is 0 Å². The van der Waals surface area contributed by atoms with Crippen LogP contribution in [0.3, 0.4) is 0 Å². The Labute approximate surface area is 43.0 Å². The molecule has 5 heavy (non-hydrogen) atoms. The Morgan fingerprint density at radius 3 is 0.800 bits per heavy atom. The zero-order valence-electron chi connectivity index (χ0n) is 3.16. The smallest absolute Gasteiger partial charge is 0.344 e. The molecule has 6 N–H and O–H groups in total. The van der Waals surface area contributed by atoms with Crippen molar-refractivity contribution in [2.45, 2.75) is 0 Å². The molecule has 0 aromatic carbocycles. The minimum absolute atomic E-state index is 0. The van der Waals surface area contributed by atoms with Gasteiger partial charge in [0.25, 0.3) is 0 Å². The van der Waals surface area contributed by atoms with Gasteiger partial charge in [-0.3, -0.25) is 0 Å². The van der Waals surface area contributed by atoms with Crippen LogP contribution in [0.5, 0.6) is 0 Å². The van der Waals surface area contributed by atoms with Crippen LogP contribution in [0, 0.1) is 0 Å². The van der Waals surface area contributed by atoms with Crippen molar-refractivity contribution < 1.29 is 16.8 Å². The molecule has 0 atom stereocenters. The summed E-state index contributed by atoms with van der Waals surface area (Å²) in [5.41, 5.74) is 0. The van der Waals surface area contributed by atoms with E-state index >= 15 is 0 Å². The zero-order chi connectivity index (χ0) is 2.00. The van der Waals surface area contributed by atoms with Gasteiger partial charge in [-0.25, -0.2) is 0 Å². The van der Waals surface area contributed by atoms with Gasteiger partial charge >= 0.3 is 16.8 Å². The summed E-state index contributed by atoms with van der Waals surface area (Å²) in [7, 11) is 0. The molecule has 0 unspecified atom stereocenters. The van der Waals surface area contributed by atoms with Crippen LogP contribution in [0.25, 0.3) is 0 Å². The molecule has 0 aromatic heterocycles. The summed E-state index contributed by atoms with van der Waals surface area (Å²) in [4.78, 5) is 0. The summed E-state index contributed by atoms with van der Waals surface area (Å²) in [6, 6.07) is 0. The van der Waals surface area contributed by atoms with Crippen LogP contribution >= 0.6 is 0 Å². The van der Waals surface area contributed by atoms with Gasteiger partial charge in [-0.05, 0) is 0 Å². The summed E-state index contributed by atoms with van der Waals surface area (Å²) in [6.45, 7) is 6.00. The molecule has 3 heteroatoms. The third kappa shape index (κ3) is 705. The van der Waals surface area contributed by atoms with E-state index in [1.54, 1.807) is 0 Å². The maximum absolute atomic E-state index is 3.00. The summed E-state index contributed by atoms with van der Waals surface area (Å²) >= 11 is 0. The molecule has 0 aliphatic rings. The van der Waals surface area contributed by atoms with Crippen LogP contribution in [-0.2, 0) is 16.8 Å². The molecular weight excluding hydrogens is 111 g/mol. The van der Waals surface area contributed by atoms with Gasteiger partial charge < -0.3 is 12.3 Å². The molecule has 0 bridgehead atoms. The van der Waals surface area contributed by atoms with Gasteiger partial charge in [0.05, 0.1) is 0 Å². The van der Waals surface area contributed by atoms with Crippen LogP contribution in [0.4, 0.5) is 0 Å². The molecule has 0 spiro atoms. The maximum atomic E-state index is 3.00. The van der Waals surface area contributed by atoms with Crippen LogP contribution in [-0.4, -0.2) is 0 Å². The van der Waals surface area contributed by atoms with Crippen LogP contribution < -0.4 is 12.3 Å². The van der Waals surface area contributed by atoms with Gasteiger partial charge in [0.2, 0.25) is 0 Å². The number of hydrogen-bond donors (Lipinski definition) is 2. The van der Waals surface area contributed by atoms with E-state index < -0.39 is 0 Å². The average Bonchev–Trinajstić information content (AvgIpc) is 1.00. The fourth-order valence-electron chi connectivity index (χ4n) is 0. The summed E-state index contributed by atoms with van der Waals surface area (Å²) in [5, 5.41) is 0. The molecule has 0 rings (SSSR count). The minimum Gasteiger partial charge on any atom is -0.344 e. The Morgan fingerprint density at radius 2 is 0.800 bits per heavy atom. The Kier molecular flexibility index (Phi) is 19900. The predicted octanol–water partition coefficient (Wildman–Crippen LogP) is 1.12. The molecular formula is C2H10CoN2+2. The molecule has 2 nitrogen and oxygen atoms in total. The first-order valence-corrected chi connectivity index (χ1v) is 0.500. The topological polar surface area (TPSA) is 70.0 Å². The molecule has 0 aromatic rings. The van der Waals surface area contributed by atoms with Crippen LogP contribution in [0.15, 0.2) is 13.2 Å². The van der Waals surface area contributed by atoms with Gasteiger partial charge in [0, 0.05) is 0 Å². The van der Waals surface area contributed by atoms with E-state index in [1.165, 1.54) is 0 Å². The van der Waals surface area contributed by atoms with Crippen molar-refractivity contribution in [3.05, 3.63) is 13.2 Å². The summed E-state index contributed by atoms with van der Waals surface area (Å²) in [5.74, 6) is 0. The monoisotopic (exact) mass is 121 g/mol. The molecule has 0 saturated heterocycles. The van der Waals surface area contributed by atoms with E-state index in [2.05, 4.69) is 13.2 Å². The SMILES string of the molecule is C=C.N.N.[Co+2]. The first kappa shape index (κ1) is 65.9. The van der Waals surface area contributed by atoms with E-state index in [4.69, 9.17) is 0 Å². The van der Waals surface area contributed by atoms with E-state index in [9.17, 15) is 0 Å². The Morgan fingerprint density at radius 1 is 0.800 bits per heavy atom. The van der Waals surface area contributed by atoms with Crippen LogP contribution in [0.2, 0.25) is 0 Å². The molecule has 0 heterocycles. The minimum atomic E-state index is 0. The summed E-state index contributed by atoms with van der Waals surface area (Å²) < 4.78 is 0. The first-order chi connectivity index (χ1) is 1.00. The molecule has 0 fully saturated rings. The zero-order valence-corrected chi connectivity index (χ0v) is 4.20. The molecule has 1 radical (unpaired) electrons. The van der Waals surface area contributed by atoms with E-state index in [1.807, 2.05) is 0 Å². The molecule has 0 amide bonds. The molecule has 35 valence electrons. The fraction of sp³-hybridized carbons (Fsp3) is 0.